The molecule has 90 valence electrons. The number of hydrogen-bond acceptors (Lipinski definition) is 3. The summed E-state index contributed by atoms with van der Waals surface area (Å²) in [6.07, 6.45) is 5.47. The Morgan fingerprint density at radius 2 is 2.18 bits per heavy atom. The van der Waals surface area contributed by atoms with Crippen LogP contribution in [0.5, 0.6) is 0 Å². The van der Waals surface area contributed by atoms with Gasteiger partial charge in [-0.3, -0.25) is 9.67 Å². The van der Waals surface area contributed by atoms with E-state index in [2.05, 4.69) is 41.9 Å². The lowest BCUT2D eigenvalue weighted by molar-refractivity contribution is 0.658. The number of nitrogens with two attached hydrogens (primary N) is 1. The number of rotatable bonds is 3. The molecule has 0 fully saturated rings. The van der Waals surface area contributed by atoms with E-state index in [1.807, 2.05) is 23.9 Å². The summed E-state index contributed by atoms with van der Waals surface area (Å²) in [6.45, 7) is 2.87. The first kappa shape index (κ1) is 12.7. The van der Waals surface area contributed by atoms with Crippen LogP contribution in [-0.2, 0) is 6.54 Å². The van der Waals surface area contributed by atoms with Crippen molar-refractivity contribution in [3.63, 3.8) is 0 Å². The first-order valence-electron chi connectivity index (χ1n) is 5.20. The maximum atomic E-state index is 6.17. The summed E-state index contributed by atoms with van der Waals surface area (Å²) in [5.41, 5.74) is 7.94. The van der Waals surface area contributed by atoms with Crippen molar-refractivity contribution >= 4 is 31.9 Å². The summed E-state index contributed by atoms with van der Waals surface area (Å²) in [4.78, 5) is 4.33. The molecule has 0 amide bonds. The van der Waals surface area contributed by atoms with Crippen LogP contribution >= 0.6 is 31.9 Å². The van der Waals surface area contributed by atoms with Crippen LogP contribution in [0.4, 0.5) is 0 Å². The van der Waals surface area contributed by atoms with E-state index in [0.717, 1.165) is 26.7 Å². The summed E-state index contributed by atoms with van der Waals surface area (Å²) in [7, 11) is 0. The van der Waals surface area contributed by atoms with Gasteiger partial charge in [-0.1, -0.05) is 0 Å². The Labute approximate surface area is 116 Å². The third-order valence-electron chi connectivity index (χ3n) is 2.47. The van der Waals surface area contributed by atoms with Crippen molar-refractivity contribution in [1.82, 2.24) is 14.8 Å². The Bertz CT molecular complexity index is 524. The smallest absolute Gasteiger partial charge is 0.0768 e. The van der Waals surface area contributed by atoms with E-state index < -0.39 is 0 Å². The lowest BCUT2D eigenvalue weighted by atomic mass is 10.1. The van der Waals surface area contributed by atoms with E-state index in [4.69, 9.17) is 5.73 Å². The summed E-state index contributed by atoms with van der Waals surface area (Å²) in [5.74, 6) is 0. The minimum Gasteiger partial charge on any atom is -0.319 e. The summed E-state index contributed by atoms with van der Waals surface area (Å²) >= 11 is 6.84. The zero-order chi connectivity index (χ0) is 12.4. The molecule has 17 heavy (non-hydrogen) atoms. The van der Waals surface area contributed by atoms with E-state index in [1.54, 1.807) is 12.4 Å². The van der Waals surface area contributed by atoms with Crippen molar-refractivity contribution in [2.75, 3.05) is 0 Å². The van der Waals surface area contributed by atoms with Crippen LogP contribution in [0.1, 0.15) is 24.2 Å². The van der Waals surface area contributed by atoms with Gasteiger partial charge in [-0.15, -0.1) is 0 Å². The van der Waals surface area contributed by atoms with Gasteiger partial charge < -0.3 is 5.73 Å². The number of aromatic nitrogens is 3. The van der Waals surface area contributed by atoms with Gasteiger partial charge in [0.25, 0.3) is 0 Å². The van der Waals surface area contributed by atoms with Gasteiger partial charge in [0.2, 0.25) is 0 Å². The molecule has 0 aromatic carbocycles. The van der Waals surface area contributed by atoms with Crippen molar-refractivity contribution < 1.29 is 0 Å². The fourth-order valence-electron chi connectivity index (χ4n) is 1.52. The first-order valence-corrected chi connectivity index (χ1v) is 6.79. The molecule has 1 atom stereocenters. The van der Waals surface area contributed by atoms with Gasteiger partial charge in [-0.25, -0.2) is 0 Å². The average Bonchev–Trinajstić information content (AvgIpc) is 2.76. The average molecular weight is 360 g/mol. The van der Waals surface area contributed by atoms with E-state index in [0.29, 0.717) is 0 Å². The molecule has 6 heteroatoms. The molecular formula is C11H12Br2N4. The molecule has 0 saturated heterocycles. The minimum atomic E-state index is -0.266. The molecule has 0 bridgehead atoms. The monoisotopic (exact) mass is 358 g/mol. The Morgan fingerprint density at radius 1 is 1.41 bits per heavy atom. The largest absolute Gasteiger partial charge is 0.319 e. The summed E-state index contributed by atoms with van der Waals surface area (Å²) < 4.78 is 3.66. The summed E-state index contributed by atoms with van der Waals surface area (Å²) in [5, 5.41) is 4.21. The molecule has 2 aromatic heterocycles. The Hall–Kier alpha value is -0.720. The van der Waals surface area contributed by atoms with Crippen LogP contribution in [-0.4, -0.2) is 14.8 Å². The molecule has 0 aliphatic heterocycles. The van der Waals surface area contributed by atoms with Gasteiger partial charge in [-0.2, -0.15) is 5.10 Å². The van der Waals surface area contributed by atoms with Crippen LogP contribution in [0.2, 0.25) is 0 Å². The third kappa shape index (κ3) is 2.75. The molecule has 2 heterocycles. The summed E-state index contributed by atoms with van der Waals surface area (Å²) in [6, 6.07) is 1.67. The molecule has 2 aromatic rings. The quantitative estimate of drug-likeness (QED) is 0.916. The van der Waals surface area contributed by atoms with Crippen molar-refractivity contribution in [1.29, 1.82) is 0 Å². The molecule has 0 aliphatic rings. The number of hydrogen-bond donors (Lipinski definition) is 1. The lowest BCUT2D eigenvalue weighted by Crippen LogP contribution is -2.13. The van der Waals surface area contributed by atoms with Crippen molar-refractivity contribution in [3.05, 3.63) is 44.9 Å². The molecule has 2 N–H and O–H groups in total. The van der Waals surface area contributed by atoms with Crippen LogP contribution in [0, 0.1) is 0 Å². The first-order chi connectivity index (χ1) is 8.11. The molecule has 0 spiro atoms. The minimum absolute atomic E-state index is 0.266. The SMILES string of the molecule is CCn1cc(C(N)c2ncc(Br)cc2Br)cn1. The van der Waals surface area contributed by atoms with Crippen LogP contribution in [0.25, 0.3) is 0 Å². The number of nitrogens with zero attached hydrogens (tertiary/aromatic N) is 3. The number of pyridine rings is 1. The maximum Gasteiger partial charge on any atom is 0.0768 e. The van der Waals surface area contributed by atoms with Gasteiger partial charge in [0, 0.05) is 33.4 Å². The van der Waals surface area contributed by atoms with E-state index in [1.165, 1.54) is 0 Å². The molecule has 1 unspecified atom stereocenters. The molecule has 4 nitrogen and oxygen atoms in total. The molecule has 0 radical (unpaired) electrons. The van der Waals surface area contributed by atoms with Crippen molar-refractivity contribution in [3.8, 4) is 0 Å². The Balaban J connectivity index is 2.33. The van der Waals surface area contributed by atoms with Crippen LogP contribution in [0.3, 0.4) is 0 Å². The number of aryl methyl sites for hydroxylation is 1. The lowest BCUT2D eigenvalue weighted by Gasteiger charge is -2.10. The predicted molar refractivity (Wildman–Crippen MR) is 73.6 cm³/mol. The molecule has 2 rings (SSSR count). The Kier molecular flexibility index (Phi) is 3.96. The standard InChI is InChI=1S/C11H12Br2N4/c1-2-17-6-7(4-16-17)10(14)11-9(13)3-8(12)5-15-11/h3-6,10H,2,14H2,1H3. The molecule has 0 saturated carbocycles. The van der Waals surface area contributed by atoms with E-state index in [-0.39, 0.29) is 6.04 Å². The highest BCUT2D eigenvalue weighted by Crippen LogP contribution is 2.26. The Morgan fingerprint density at radius 3 is 2.76 bits per heavy atom. The topological polar surface area (TPSA) is 56.7 Å². The zero-order valence-electron chi connectivity index (χ0n) is 9.27. The second-order valence-corrected chi connectivity index (χ2v) is 5.40. The fourth-order valence-corrected chi connectivity index (χ4v) is 2.76. The highest BCUT2D eigenvalue weighted by Gasteiger charge is 2.15. The molecule has 0 aliphatic carbocycles. The third-order valence-corrected chi connectivity index (χ3v) is 3.54. The number of halogens is 2. The fraction of sp³-hybridized carbons (Fsp3) is 0.273. The van der Waals surface area contributed by atoms with Gasteiger partial charge in [0.1, 0.15) is 0 Å². The van der Waals surface area contributed by atoms with Gasteiger partial charge in [0.15, 0.2) is 0 Å². The van der Waals surface area contributed by atoms with E-state index in [9.17, 15) is 0 Å². The van der Waals surface area contributed by atoms with Gasteiger partial charge in [-0.05, 0) is 44.8 Å². The zero-order valence-corrected chi connectivity index (χ0v) is 12.4. The maximum absolute atomic E-state index is 6.17. The predicted octanol–water partition coefficient (Wildman–Crippen LogP) is 2.87. The van der Waals surface area contributed by atoms with E-state index >= 15 is 0 Å². The second-order valence-electron chi connectivity index (χ2n) is 3.63. The van der Waals surface area contributed by atoms with Crippen molar-refractivity contribution in [2.45, 2.75) is 19.5 Å². The highest BCUT2D eigenvalue weighted by atomic mass is 79.9. The molecular weight excluding hydrogens is 348 g/mol. The van der Waals surface area contributed by atoms with Crippen LogP contribution < -0.4 is 5.73 Å². The van der Waals surface area contributed by atoms with Crippen LogP contribution in [0.15, 0.2) is 33.6 Å². The van der Waals surface area contributed by atoms with Gasteiger partial charge >= 0.3 is 0 Å². The normalized spacial score (nSPS) is 12.7. The van der Waals surface area contributed by atoms with Gasteiger partial charge in [0.05, 0.1) is 17.9 Å². The van der Waals surface area contributed by atoms with Crippen molar-refractivity contribution in [2.24, 2.45) is 5.73 Å². The highest BCUT2D eigenvalue weighted by molar-refractivity contribution is 9.11. The second kappa shape index (κ2) is 5.29.